The molecule has 2 heterocycles. The van der Waals surface area contributed by atoms with Crippen molar-refractivity contribution in [2.24, 2.45) is 0 Å². The van der Waals surface area contributed by atoms with Crippen LogP contribution in [0.25, 0.3) is 0 Å². The molecule has 1 N–H and O–H groups in total. The smallest absolute Gasteiger partial charge is 0.303 e. The second-order valence-electron chi connectivity index (χ2n) is 4.44. The van der Waals surface area contributed by atoms with E-state index in [1.165, 1.54) is 0 Å². The van der Waals surface area contributed by atoms with Crippen LogP contribution in [0.15, 0.2) is 4.52 Å². The number of carbonyl (C=O) groups is 1. The third kappa shape index (κ3) is 2.82. The minimum atomic E-state index is -0.870. The number of carboxylic acids is 1. The molecule has 17 heavy (non-hydrogen) atoms. The molecular weight excluding hydrogens is 224 g/mol. The molecule has 2 rings (SSSR count). The van der Waals surface area contributed by atoms with E-state index in [1.54, 1.807) is 0 Å². The lowest BCUT2D eigenvalue weighted by atomic mass is 9.95. The molecule has 6 nitrogen and oxygen atoms in total. The summed E-state index contributed by atoms with van der Waals surface area (Å²) in [5.74, 6) is 0.0141. The highest BCUT2D eigenvalue weighted by Crippen LogP contribution is 2.32. The lowest BCUT2D eigenvalue weighted by Gasteiger charge is -2.30. The summed E-state index contributed by atoms with van der Waals surface area (Å²) in [6.07, 6.45) is 3.26. The van der Waals surface area contributed by atoms with Gasteiger partial charge in [-0.2, -0.15) is 4.98 Å². The van der Waals surface area contributed by atoms with Crippen LogP contribution in [0, 0.1) is 0 Å². The number of carboxylic acid groups (broad SMARTS) is 1. The van der Waals surface area contributed by atoms with Gasteiger partial charge in [-0.3, -0.25) is 4.79 Å². The van der Waals surface area contributed by atoms with Gasteiger partial charge < -0.3 is 14.4 Å². The first kappa shape index (κ1) is 12.0. The second-order valence-corrected chi connectivity index (χ2v) is 4.44. The van der Waals surface area contributed by atoms with Crippen LogP contribution >= 0.6 is 0 Å². The molecule has 0 saturated carbocycles. The fourth-order valence-corrected chi connectivity index (χ4v) is 1.90. The highest BCUT2D eigenvalue weighted by molar-refractivity contribution is 5.66. The molecule has 0 radical (unpaired) electrons. The van der Waals surface area contributed by atoms with E-state index < -0.39 is 11.6 Å². The summed E-state index contributed by atoms with van der Waals surface area (Å²) in [4.78, 5) is 14.6. The molecule has 1 aliphatic heterocycles. The monoisotopic (exact) mass is 240 g/mol. The fourth-order valence-electron chi connectivity index (χ4n) is 1.90. The Bertz CT molecular complexity index is 396. The van der Waals surface area contributed by atoms with E-state index in [0.29, 0.717) is 18.3 Å². The molecule has 1 atom stereocenters. The van der Waals surface area contributed by atoms with Crippen LogP contribution in [0.2, 0.25) is 0 Å². The zero-order chi connectivity index (χ0) is 12.3. The summed E-state index contributed by atoms with van der Waals surface area (Å²) in [5.41, 5.74) is -0.483. The number of aryl methyl sites for hydroxylation is 1. The van der Waals surface area contributed by atoms with E-state index in [-0.39, 0.29) is 12.8 Å². The van der Waals surface area contributed by atoms with Gasteiger partial charge in [-0.25, -0.2) is 0 Å². The van der Waals surface area contributed by atoms with Crippen molar-refractivity contribution in [3.8, 4) is 0 Å². The van der Waals surface area contributed by atoms with Crippen LogP contribution in [0.3, 0.4) is 0 Å². The molecule has 6 heteroatoms. The Morgan fingerprint density at radius 2 is 2.35 bits per heavy atom. The SMILES string of the molecule is CC1(c2noc(CCC(=O)O)n2)CCCCO1. The van der Waals surface area contributed by atoms with Gasteiger partial charge in [0.25, 0.3) is 0 Å². The van der Waals surface area contributed by atoms with Gasteiger partial charge in [0.15, 0.2) is 0 Å². The molecule has 0 aliphatic carbocycles. The molecule has 1 saturated heterocycles. The molecule has 1 aliphatic rings. The van der Waals surface area contributed by atoms with Crippen molar-refractivity contribution in [3.63, 3.8) is 0 Å². The summed E-state index contributed by atoms with van der Waals surface area (Å²) in [5, 5.41) is 12.5. The Kier molecular flexibility index (Phi) is 3.42. The predicted octanol–water partition coefficient (Wildman–Crippen LogP) is 1.50. The zero-order valence-corrected chi connectivity index (χ0v) is 9.81. The number of hydrogen-bond acceptors (Lipinski definition) is 5. The van der Waals surface area contributed by atoms with E-state index in [2.05, 4.69) is 10.1 Å². The molecule has 94 valence electrons. The second kappa shape index (κ2) is 4.83. The van der Waals surface area contributed by atoms with Gasteiger partial charge in [0.1, 0.15) is 5.60 Å². The van der Waals surface area contributed by atoms with Gasteiger partial charge in [-0.1, -0.05) is 5.16 Å². The van der Waals surface area contributed by atoms with Gasteiger partial charge in [-0.05, 0) is 26.2 Å². The molecule has 1 aromatic heterocycles. The number of nitrogens with zero attached hydrogens (tertiary/aromatic N) is 2. The van der Waals surface area contributed by atoms with E-state index in [9.17, 15) is 4.79 Å². The maximum atomic E-state index is 10.4. The molecule has 0 aromatic carbocycles. The van der Waals surface area contributed by atoms with E-state index in [1.807, 2.05) is 6.92 Å². The van der Waals surface area contributed by atoms with Gasteiger partial charge in [0, 0.05) is 13.0 Å². The molecular formula is C11H16N2O4. The number of aromatic nitrogens is 2. The van der Waals surface area contributed by atoms with E-state index in [0.717, 1.165) is 19.3 Å². The molecule has 1 fully saturated rings. The third-order valence-corrected chi connectivity index (χ3v) is 2.96. The van der Waals surface area contributed by atoms with Crippen molar-refractivity contribution in [2.75, 3.05) is 6.61 Å². The lowest BCUT2D eigenvalue weighted by molar-refractivity contribution is -0.137. The Labute approximate surface area is 99.0 Å². The molecule has 0 amide bonds. The van der Waals surface area contributed by atoms with Crippen molar-refractivity contribution < 1.29 is 19.2 Å². The topological polar surface area (TPSA) is 85.5 Å². The van der Waals surface area contributed by atoms with Gasteiger partial charge in [0.05, 0.1) is 6.42 Å². The zero-order valence-electron chi connectivity index (χ0n) is 9.81. The standard InChI is InChI=1S/C11H16N2O4/c1-11(6-2-3-7-16-11)10-12-8(17-13-10)4-5-9(14)15/h2-7H2,1H3,(H,14,15). The Balaban J connectivity index is 2.03. The first-order chi connectivity index (χ1) is 8.10. The third-order valence-electron chi connectivity index (χ3n) is 2.96. The van der Waals surface area contributed by atoms with Gasteiger partial charge in [-0.15, -0.1) is 0 Å². The molecule has 1 aromatic rings. The largest absolute Gasteiger partial charge is 0.481 e. The van der Waals surface area contributed by atoms with E-state index in [4.69, 9.17) is 14.4 Å². The average molecular weight is 240 g/mol. The minimum absolute atomic E-state index is 0.000789. The summed E-state index contributed by atoms with van der Waals surface area (Å²) in [7, 11) is 0. The molecule has 1 unspecified atom stereocenters. The number of hydrogen-bond donors (Lipinski definition) is 1. The number of ether oxygens (including phenoxy) is 1. The summed E-state index contributed by atoms with van der Waals surface area (Å²) in [6.45, 7) is 2.65. The van der Waals surface area contributed by atoms with Crippen molar-refractivity contribution in [1.82, 2.24) is 10.1 Å². The number of rotatable bonds is 4. The van der Waals surface area contributed by atoms with Crippen LogP contribution < -0.4 is 0 Å². The van der Waals surface area contributed by atoms with Crippen LogP contribution in [-0.4, -0.2) is 27.8 Å². The van der Waals surface area contributed by atoms with Gasteiger partial charge >= 0.3 is 5.97 Å². The van der Waals surface area contributed by atoms with Crippen LogP contribution in [0.1, 0.15) is 44.3 Å². The highest BCUT2D eigenvalue weighted by Gasteiger charge is 2.34. The maximum absolute atomic E-state index is 10.4. The molecule has 0 spiro atoms. The Morgan fingerprint density at radius 3 is 3.00 bits per heavy atom. The minimum Gasteiger partial charge on any atom is -0.481 e. The van der Waals surface area contributed by atoms with Crippen LogP contribution in [0.4, 0.5) is 0 Å². The normalized spacial score (nSPS) is 24.8. The maximum Gasteiger partial charge on any atom is 0.303 e. The summed E-state index contributed by atoms with van der Waals surface area (Å²) in [6, 6.07) is 0. The Morgan fingerprint density at radius 1 is 1.53 bits per heavy atom. The van der Waals surface area contributed by atoms with Crippen LogP contribution in [-0.2, 0) is 21.6 Å². The summed E-state index contributed by atoms with van der Waals surface area (Å²) < 4.78 is 10.7. The first-order valence-corrected chi connectivity index (χ1v) is 5.79. The Hall–Kier alpha value is -1.43. The van der Waals surface area contributed by atoms with Crippen molar-refractivity contribution in [1.29, 1.82) is 0 Å². The fraction of sp³-hybridized carbons (Fsp3) is 0.727. The lowest BCUT2D eigenvalue weighted by Crippen LogP contribution is -2.31. The van der Waals surface area contributed by atoms with E-state index >= 15 is 0 Å². The van der Waals surface area contributed by atoms with Crippen molar-refractivity contribution >= 4 is 5.97 Å². The number of aliphatic carboxylic acids is 1. The predicted molar refractivity (Wildman–Crippen MR) is 57.4 cm³/mol. The average Bonchev–Trinajstić information content (AvgIpc) is 2.76. The quantitative estimate of drug-likeness (QED) is 0.858. The summed E-state index contributed by atoms with van der Waals surface area (Å²) >= 11 is 0. The highest BCUT2D eigenvalue weighted by atomic mass is 16.5. The van der Waals surface area contributed by atoms with Crippen LogP contribution in [0.5, 0.6) is 0 Å². The van der Waals surface area contributed by atoms with Gasteiger partial charge in [0.2, 0.25) is 11.7 Å². The van der Waals surface area contributed by atoms with Crippen molar-refractivity contribution in [3.05, 3.63) is 11.7 Å². The van der Waals surface area contributed by atoms with Crippen molar-refractivity contribution in [2.45, 2.75) is 44.6 Å². The molecule has 0 bridgehead atoms. The first-order valence-electron chi connectivity index (χ1n) is 5.79.